The number of ether oxygens (including phenoxy) is 3. The molecule has 3 aromatic rings. The minimum Gasteiger partial charge on any atom is -0.493 e. The average Bonchev–Trinajstić information content (AvgIpc) is 2.89. The van der Waals surface area contributed by atoms with E-state index in [-0.39, 0.29) is 5.91 Å². The molecule has 0 spiro atoms. The largest absolute Gasteiger partial charge is 0.493 e. The molecule has 0 radical (unpaired) electrons. The summed E-state index contributed by atoms with van der Waals surface area (Å²) >= 11 is 0. The third-order valence-corrected chi connectivity index (χ3v) is 5.31. The van der Waals surface area contributed by atoms with Gasteiger partial charge in [-0.25, -0.2) is 5.06 Å². The lowest BCUT2D eigenvalue weighted by Gasteiger charge is -2.14. The van der Waals surface area contributed by atoms with Crippen LogP contribution in [0.15, 0.2) is 60.7 Å². The molecule has 0 aliphatic heterocycles. The van der Waals surface area contributed by atoms with Gasteiger partial charge in [0.15, 0.2) is 11.5 Å². The first-order valence-electron chi connectivity index (χ1n) is 10.7. The SMILES string of the molecule is COc1ccc(/C=C/c2ccc(/C=C/c3ccc(C(=O)N(C)OC)cc3)cc2)c(OC)c1OC. The Balaban J connectivity index is 1.69. The Morgan fingerprint density at radius 3 is 1.62 bits per heavy atom. The van der Waals surface area contributed by atoms with Crippen molar-refractivity contribution in [2.24, 2.45) is 0 Å². The van der Waals surface area contributed by atoms with Crippen molar-refractivity contribution in [3.8, 4) is 17.2 Å². The first kappa shape index (κ1) is 24.6. The van der Waals surface area contributed by atoms with E-state index in [1.807, 2.05) is 72.8 Å². The number of hydrogen-bond acceptors (Lipinski definition) is 5. The predicted octanol–water partition coefficient (Wildman–Crippen LogP) is 5.69. The summed E-state index contributed by atoms with van der Waals surface area (Å²) < 4.78 is 16.3. The monoisotopic (exact) mass is 459 g/mol. The summed E-state index contributed by atoms with van der Waals surface area (Å²) in [4.78, 5) is 17.0. The molecule has 0 N–H and O–H groups in total. The number of benzene rings is 3. The standard InChI is InChI=1S/C28H29NO5/c1-29(34-5)28(30)24-16-13-22(14-17-24)11-8-20-6-9-21(10-7-20)12-15-23-18-19-25(31-2)27(33-4)26(23)32-3/h6-19H,1-5H3/b11-8+,15-12+. The molecule has 0 saturated carbocycles. The topological polar surface area (TPSA) is 57.2 Å². The molecule has 3 rings (SSSR count). The quantitative estimate of drug-likeness (QED) is 0.304. The van der Waals surface area contributed by atoms with Crippen LogP contribution in [-0.4, -0.2) is 46.5 Å². The van der Waals surface area contributed by atoms with Gasteiger partial charge < -0.3 is 14.2 Å². The van der Waals surface area contributed by atoms with Crippen LogP contribution in [0.2, 0.25) is 0 Å². The van der Waals surface area contributed by atoms with Crippen molar-refractivity contribution in [1.82, 2.24) is 5.06 Å². The zero-order valence-electron chi connectivity index (χ0n) is 20.1. The van der Waals surface area contributed by atoms with Gasteiger partial charge >= 0.3 is 0 Å². The molecule has 176 valence electrons. The Bertz CT molecular complexity index is 1160. The number of carbonyl (C=O) groups is 1. The normalized spacial score (nSPS) is 11.1. The van der Waals surface area contributed by atoms with E-state index in [0.29, 0.717) is 22.8 Å². The molecule has 1 amide bonds. The van der Waals surface area contributed by atoms with E-state index in [0.717, 1.165) is 22.3 Å². The van der Waals surface area contributed by atoms with Crippen LogP contribution in [0.25, 0.3) is 24.3 Å². The zero-order chi connectivity index (χ0) is 24.5. The van der Waals surface area contributed by atoms with Gasteiger partial charge in [0.1, 0.15) is 0 Å². The molecule has 0 saturated heterocycles. The molecule has 0 aromatic heterocycles. The van der Waals surface area contributed by atoms with Gasteiger partial charge in [-0.1, -0.05) is 60.7 Å². The Hall–Kier alpha value is -4.03. The number of methoxy groups -OCH3 is 3. The van der Waals surface area contributed by atoms with E-state index in [4.69, 9.17) is 19.0 Å². The van der Waals surface area contributed by atoms with Crippen LogP contribution in [0.1, 0.15) is 32.6 Å². The van der Waals surface area contributed by atoms with Gasteiger partial charge in [-0.05, 0) is 41.0 Å². The van der Waals surface area contributed by atoms with Gasteiger partial charge in [-0.2, -0.15) is 0 Å². The Morgan fingerprint density at radius 1 is 0.647 bits per heavy atom. The highest BCUT2D eigenvalue weighted by atomic mass is 16.7. The van der Waals surface area contributed by atoms with Crippen molar-refractivity contribution in [2.45, 2.75) is 0 Å². The molecule has 0 heterocycles. The molecule has 3 aromatic carbocycles. The molecule has 0 unspecified atom stereocenters. The third kappa shape index (κ3) is 5.85. The van der Waals surface area contributed by atoms with Gasteiger partial charge in [0.05, 0.1) is 28.4 Å². The summed E-state index contributed by atoms with van der Waals surface area (Å²) in [6.45, 7) is 0. The van der Waals surface area contributed by atoms with E-state index in [1.54, 1.807) is 40.5 Å². The first-order valence-corrected chi connectivity index (χ1v) is 10.7. The molecule has 0 bridgehead atoms. The highest BCUT2D eigenvalue weighted by Gasteiger charge is 2.14. The molecule has 34 heavy (non-hydrogen) atoms. The van der Waals surface area contributed by atoms with Gasteiger partial charge in [0.2, 0.25) is 5.75 Å². The molecule has 0 atom stereocenters. The lowest BCUT2D eigenvalue weighted by Crippen LogP contribution is -2.25. The van der Waals surface area contributed by atoms with E-state index >= 15 is 0 Å². The Kier molecular flexibility index (Phi) is 8.48. The molecule has 0 fully saturated rings. The molecule has 0 aliphatic carbocycles. The van der Waals surface area contributed by atoms with Crippen LogP contribution in [0.4, 0.5) is 0 Å². The van der Waals surface area contributed by atoms with Crippen molar-refractivity contribution < 1.29 is 23.8 Å². The van der Waals surface area contributed by atoms with E-state index in [1.165, 1.54) is 12.2 Å². The minimum atomic E-state index is -0.188. The van der Waals surface area contributed by atoms with E-state index in [2.05, 4.69) is 0 Å². The number of rotatable bonds is 9. The smallest absolute Gasteiger partial charge is 0.277 e. The molecular formula is C28H29NO5. The maximum absolute atomic E-state index is 12.1. The summed E-state index contributed by atoms with van der Waals surface area (Å²) in [5.41, 5.74) is 4.59. The second kappa shape index (κ2) is 11.7. The van der Waals surface area contributed by atoms with Crippen molar-refractivity contribution in [2.75, 3.05) is 35.5 Å². The van der Waals surface area contributed by atoms with Crippen molar-refractivity contribution in [1.29, 1.82) is 0 Å². The fourth-order valence-corrected chi connectivity index (χ4v) is 3.35. The van der Waals surface area contributed by atoms with Crippen molar-refractivity contribution in [3.05, 3.63) is 88.5 Å². The van der Waals surface area contributed by atoms with Gasteiger partial charge in [-0.3, -0.25) is 9.63 Å². The number of hydroxylamine groups is 2. The fourth-order valence-electron chi connectivity index (χ4n) is 3.35. The van der Waals surface area contributed by atoms with Crippen LogP contribution < -0.4 is 14.2 Å². The summed E-state index contributed by atoms with van der Waals surface area (Å²) in [5.74, 6) is 1.62. The number of nitrogens with zero attached hydrogens (tertiary/aromatic N) is 1. The van der Waals surface area contributed by atoms with Gasteiger partial charge in [-0.15, -0.1) is 0 Å². The van der Waals surface area contributed by atoms with Crippen LogP contribution in [0, 0.1) is 0 Å². The highest BCUT2D eigenvalue weighted by molar-refractivity contribution is 5.93. The zero-order valence-corrected chi connectivity index (χ0v) is 20.1. The summed E-state index contributed by atoms with van der Waals surface area (Å²) in [7, 11) is 7.84. The first-order chi connectivity index (χ1) is 16.5. The van der Waals surface area contributed by atoms with Crippen LogP contribution in [0.5, 0.6) is 17.2 Å². The lowest BCUT2D eigenvalue weighted by atomic mass is 10.1. The summed E-state index contributed by atoms with van der Waals surface area (Å²) in [5, 5.41) is 1.20. The maximum atomic E-state index is 12.1. The van der Waals surface area contributed by atoms with E-state index in [9.17, 15) is 4.79 Å². The summed E-state index contributed by atoms with van der Waals surface area (Å²) in [6, 6.07) is 19.4. The molecule has 0 aliphatic rings. The van der Waals surface area contributed by atoms with Gasteiger partial charge in [0.25, 0.3) is 5.91 Å². The second-order valence-electron chi connectivity index (χ2n) is 7.36. The molecular weight excluding hydrogens is 430 g/mol. The lowest BCUT2D eigenvalue weighted by molar-refractivity contribution is -0.0756. The molecule has 6 heteroatoms. The van der Waals surface area contributed by atoms with Crippen molar-refractivity contribution >= 4 is 30.2 Å². The molecule has 6 nitrogen and oxygen atoms in total. The highest BCUT2D eigenvalue weighted by Crippen LogP contribution is 2.40. The number of carbonyl (C=O) groups excluding carboxylic acids is 1. The number of hydrogen-bond donors (Lipinski definition) is 0. The van der Waals surface area contributed by atoms with Crippen LogP contribution in [-0.2, 0) is 4.84 Å². The van der Waals surface area contributed by atoms with Crippen LogP contribution in [0.3, 0.4) is 0 Å². The van der Waals surface area contributed by atoms with E-state index < -0.39 is 0 Å². The average molecular weight is 460 g/mol. The van der Waals surface area contributed by atoms with Crippen molar-refractivity contribution in [3.63, 3.8) is 0 Å². The fraction of sp³-hybridized carbons (Fsp3) is 0.179. The predicted molar refractivity (Wildman–Crippen MR) is 136 cm³/mol. The minimum absolute atomic E-state index is 0.188. The second-order valence-corrected chi connectivity index (χ2v) is 7.36. The Labute approximate surface area is 200 Å². The van der Waals surface area contributed by atoms with Crippen LogP contribution >= 0.6 is 0 Å². The third-order valence-electron chi connectivity index (χ3n) is 5.31. The number of amides is 1. The Morgan fingerprint density at radius 2 is 1.15 bits per heavy atom. The maximum Gasteiger partial charge on any atom is 0.277 e. The van der Waals surface area contributed by atoms with Gasteiger partial charge in [0, 0.05) is 18.2 Å². The summed E-state index contributed by atoms with van der Waals surface area (Å²) in [6.07, 6.45) is 8.04.